The number of hydrogen-bond donors (Lipinski definition) is 2. The first-order valence-electron chi connectivity index (χ1n) is 9.42. The molecule has 0 aliphatic heterocycles. The molecule has 9 nitrogen and oxygen atoms in total. The summed E-state index contributed by atoms with van der Waals surface area (Å²) in [6.07, 6.45) is 0. The third kappa shape index (κ3) is 4.61. The molecular weight excluding hydrogens is 400 g/mol. The molecule has 0 spiro atoms. The number of aromatic amines is 1. The SMILES string of the molecule is COc1ccc(-n2[nH]c(C)c(/C(C)=N/NC(=O)c3cc(OC)cc(OC)c3)c2=O)cc1. The molecule has 0 radical (unpaired) electrons. The maximum absolute atomic E-state index is 12.9. The Kier molecular flexibility index (Phi) is 6.44. The van der Waals surface area contributed by atoms with E-state index < -0.39 is 5.91 Å². The van der Waals surface area contributed by atoms with Gasteiger partial charge >= 0.3 is 0 Å². The quantitative estimate of drug-likeness (QED) is 0.448. The number of benzene rings is 2. The van der Waals surface area contributed by atoms with Crippen molar-refractivity contribution >= 4 is 11.6 Å². The Morgan fingerprint density at radius 1 is 0.968 bits per heavy atom. The van der Waals surface area contributed by atoms with Gasteiger partial charge in [-0.05, 0) is 50.2 Å². The van der Waals surface area contributed by atoms with Gasteiger partial charge in [0, 0.05) is 17.3 Å². The van der Waals surface area contributed by atoms with E-state index in [-0.39, 0.29) is 5.56 Å². The van der Waals surface area contributed by atoms with E-state index in [1.165, 1.54) is 18.9 Å². The van der Waals surface area contributed by atoms with Crippen molar-refractivity contribution in [3.05, 3.63) is 69.6 Å². The van der Waals surface area contributed by atoms with Gasteiger partial charge in [0.2, 0.25) is 0 Å². The summed E-state index contributed by atoms with van der Waals surface area (Å²) in [4.78, 5) is 25.5. The first-order valence-corrected chi connectivity index (χ1v) is 9.42. The van der Waals surface area contributed by atoms with Crippen molar-refractivity contribution in [2.75, 3.05) is 21.3 Å². The van der Waals surface area contributed by atoms with Crippen molar-refractivity contribution in [1.82, 2.24) is 15.2 Å². The minimum Gasteiger partial charge on any atom is -0.497 e. The molecule has 9 heteroatoms. The van der Waals surface area contributed by atoms with Gasteiger partial charge in [-0.3, -0.25) is 14.7 Å². The standard InChI is InChI=1S/C22H24N4O5/c1-13(23-24-21(27)15-10-18(30-4)12-19(11-15)31-5)20-14(2)25-26(22(20)28)16-6-8-17(29-3)9-7-16/h6-12,25H,1-5H3,(H,24,27)/b23-13+. The summed E-state index contributed by atoms with van der Waals surface area (Å²) in [6, 6.07) is 11.9. The number of ether oxygens (including phenoxy) is 3. The van der Waals surface area contributed by atoms with Crippen LogP contribution in [0.2, 0.25) is 0 Å². The zero-order valence-electron chi connectivity index (χ0n) is 18.0. The Morgan fingerprint density at radius 2 is 1.55 bits per heavy atom. The lowest BCUT2D eigenvalue weighted by Gasteiger charge is -2.07. The molecule has 0 bridgehead atoms. The van der Waals surface area contributed by atoms with Gasteiger partial charge in [-0.2, -0.15) is 5.10 Å². The molecule has 0 saturated carbocycles. The zero-order valence-corrected chi connectivity index (χ0v) is 18.0. The van der Waals surface area contributed by atoms with Crippen LogP contribution in [-0.4, -0.2) is 42.7 Å². The molecule has 162 valence electrons. The molecule has 0 aliphatic rings. The number of aryl methyl sites for hydroxylation is 1. The van der Waals surface area contributed by atoms with E-state index in [9.17, 15) is 9.59 Å². The molecule has 1 aromatic heterocycles. The topological polar surface area (TPSA) is 107 Å². The number of hydrazone groups is 1. The molecule has 2 N–H and O–H groups in total. The van der Waals surface area contributed by atoms with E-state index in [1.807, 2.05) is 0 Å². The maximum Gasteiger partial charge on any atom is 0.280 e. The number of carbonyl (C=O) groups is 1. The molecule has 0 unspecified atom stereocenters. The molecule has 3 aromatic rings. The normalized spacial score (nSPS) is 11.2. The summed E-state index contributed by atoms with van der Waals surface area (Å²) in [7, 11) is 4.58. The Labute approximate surface area is 179 Å². The highest BCUT2D eigenvalue weighted by molar-refractivity contribution is 6.01. The number of H-pyrrole nitrogens is 1. The summed E-state index contributed by atoms with van der Waals surface area (Å²) >= 11 is 0. The molecule has 1 heterocycles. The highest BCUT2D eigenvalue weighted by atomic mass is 16.5. The van der Waals surface area contributed by atoms with E-state index in [0.29, 0.717) is 45.5 Å². The van der Waals surface area contributed by atoms with Gasteiger partial charge in [0.1, 0.15) is 17.2 Å². The molecule has 0 aliphatic carbocycles. The van der Waals surface area contributed by atoms with Crippen LogP contribution >= 0.6 is 0 Å². The maximum atomic E-state index is 12.9. The van der Waals surface area contributed by atoms with Gasteiger partial charge in [-0.15, -0.1) is 0 Å². The second-order valence-electron chi connectivity index (χ2n) is 6.69. The predicted molar refractivity (Wildman–Crippen MR) is 117 cm³/mol. The van der Waals surface area contributed by atoms with Crippen LogP contribution in [0.3, 0.4) is 0 Å². The summed E-state index contributed by atoms with van der Waals surface area (Å²) < 4.78 is 16.9. The fourth-order valence-corrected chi connectivity index (χ4v) is 3.08. The van der Waals surface area contributed by atoms with Crippen LogP contribution < -0.4 is 25.2 Å². The van der Waals surface area contributed by atoms with Gasteiger partial charge in [-0.25, -0.2) is 10.1 Å². The molecule has 3 rings (SSSR count). The Hall–Kier alpha value is -4.01. The molecule has 2 aromatic carbocycles. The van der Waals surface area contributed by atoms with Crippen LogP contribution in [0.5, 0.6) is 17.2 Å². The van der Waals surface area contributed by atoms with Gasteiger partial charge in [0.25, 0.3) is 11.5 Å². The molecule has 0 fully saturated rings. The smallest absolute Gasteiger partial charge is 0.280 e. The minimum atomic E-state index is -0.458. The second-order valence-corrected chi connectivity index (χ2v) is 6.69. The number of amides is 1. The number of hydrogen-bond acceptors (Lipinski definition) is 6. The fourth-order valence-electron chi connectivity index (χ4n) is 3.08. The minimum absolute atomic E-state index is 0.277. The fraction of sp³-hybridized carbons (Fsp3) is 0.227. The van der Waals surface area contributed by atoms with Gasteiger partial charge in [-0.1, -0.05) is 0 Å². The van der Waals surface area contributed by atoms with E-state index in [0.717, 1.165) is 0 Å². The number of aromatic nitrogens is 2. The molecule has 0 atom stereocenters. The lowest BCUT2D eigenvalue weighted by atomic mass is 10.2. The van der Waals surface area contributed by atoms with Crippen molar-refractivity contribution in [3.8, 4) is 22.9 Å². The number of rotatable bonds is 7. The summed E-state index contributed by atoms with van der Waals surface area (Å²) in [5.41, 5.74) is 4.54. The Bertz CT molecular complexity index is 1150. The van der Waals surface area contributed by atoms with Crippen LogP contribution in [0.1, 0.15) is 28.5 Å². The molecule has 1 amide bonds. The van der Waals surface area contributed by atoms with E-state index in [2.05, 4.69) is 15.6 Å². The molecule has 31 heavy (non-hydrogen) atoms. The third-order valence-electron chi connectivity index (χ3n) is 4.70. The highest BCUT2D eigenvalue weighted by Gasteiger charge is 2.16. The zero-order chi connectivity index (χ0) is 22.5. The van der Waals surface area contributed by atoms with Gasteiger partial charge in [0.05, 0.1) is 38.3 Å². The Balaban J connectivity index is 1.86. The van der Waals surface area contributed by atoms with Crippen molar-refractivity contribution in [2.24, 2.45) is 5.10 Å². The first kappa shape index (κ1) is 21.7. The summed E-state index contributed by atoms with van der Waals surface area (Å²) in [5.74, 6) is 1.19. The monoisotopic (exact) mass is 424 g/mol. The number of nitrogens with one attached hydrogen (secondary N) is 2. The third-order valence-corrected chi connectivity index (χ3v) is 4.70. The predicted octanol–water partition coefficient (Wildman–Crippen LogP) is 2.65. The average molecular weight is 424 g/mol. The van der Waals surface area contributed by atoms with E-state index >= 15 is 0 Å². The number of carbonyl (C=O) groups excluding carboxylic acids is 1. The van der Waals surface area contributed by atoms with Crippen molar-refractivity contribution in [2.45, 2.75) is 13.8 Å². The highest BCUT2D eigenvalue weighted by Crippen LogP contribution is 2.22. The lowest BCUT2D eigenvalue weighted by molar-refractivity contribution is 0.0954. The van der Waals surface area contributed by atoms with Gasteiger partial charge in [0.15, 0.2) is 0 Å². The van der Waals surface area contributed by atoms with Crippen molar-refractivity contribution in [3.63, 3.8) is 0 Å². The summed E-state index contributed by atoms with van der Waals surface area (Å²) in [6.45, 7) is 3.42. The largest absolute Gasteiger partial charge is 0.497 e. The average Bonchev–Trinajstić information content (AvgIpc) is 3.10. The first-order chi connectivity index (χ1) is 14.9. The number of nitrogens with zero attached hydrogens (tertiary/aromatic N) is 2. The molecular formula is C22H24N4O5. The number of methoxy groups -OCH3 is 3. The molecule has 0 saturated heterocycles. The van der Waals surface area contributed by atoms with E-state index in [1.54, 1.807) is 63.4 Å². The summed E-state index contributed by atoms with van der Waals surface area (Å²) in [5, 5.41) is 7.15. The van der Waals surface area contributed by atoms with Crippen LogP contribution in [0.15, 0.2) is 52.4 Å². The van der Waals surface area contributed by atoms with Crippen LogP contribution in [0, 0.1) is 6.92 Å². The lowest BCUT2D eigenvalue weighted by Crippen LogP contribution is -2.23. The van der Waals surface area contributed by atoms with Crippen LogP contribution in [0.25, 0.3) is 5.69 Å². The Morgan fingerprint density at radius 3 is 2.10 bits per heavy atom. The van der Waals surface area contributed by atoms with Crippen LogP contribution in [0.4, 0.5) is 0 Å². The van der Waals surface area contributed by atoms with E-state index in [4.69, 9.17) is 14.2 Å². The second kappa shape index (κ2) is 9.21. The van der Waals surface area contributed by atoms with Crippen molar-refractivity contribution < 1.29 is 19.0 Å². The van der Waals surface area contributed by atoms with Crippen LogP contribution in [-0.2, 0) is 0 Å². The van der Waals surface area contributed by atoms with Crippen molar-refractivity contribution in [1.29, 1.82) is 0 Å². The van der Waals surface area contributed by atoms with Gasteiger partial charge < -0.3 is 14.2 Å².